The first kappa shape index (κ1) is 17.4. The first-order valence-electron chi connectivity index (χ1n) is 7.66. The molecule has 1 aliphatic heterocycles. The van der Waals surface area contributed by atoms with E-state index in [-0.39, 0.29) is 29.3 Å². The number of carboxylic acid groups (broad SMARTS) is 1. The van der Waals surface area contributed by atoms with E-state index in [2.05, 4.69) is 10.3 Å². The van der Waals surface area contributed by atoms with Crippen LogP contribution in [-0.2, 0) is 9.59 Å². The first-order chi connectivity index (χ1) is 10.9. The summed E-state index contributed by atoms with van der Waals surface area (Å²) in [5.74, 6) is -1.25. The molecular formula is C15H21N3O4S. The number of nitrogens with one attached hydrogen (secondary N) is 1. The van der Waals surface area contributed by atoms with Gasteiger partial charge in [0, 0.05) is 13.0 Å². The third kappa shape index (κ3) is 4.51. The molecule has 1 aliphatic rings. The highest BCUT2D eigenvalue weighted by Gasteiger charge is 2.22. The highest BCUT2D eigenvalue weighted by atomic mass is 32.1. The largest absolute Gasteiger partial charge is 0.477 e. The third-order valence-corrected chi connectivity index (χ3v) is 5.09. The lowest BCUT2D eigenvalue weighted by Gasteiger charge is -2.21. The second-order valence-corrected chi connectivity index (χ2v) is 6.72. The van der Waals surface area contributed by atoms with Crippen LogP contribution in [0.3, 0.4) is 0 Å². The van der Waals surface area contributed by atoms with Gasteiger partial charge in [-0.25, -0.2) is 9.78 Å². The van der Waals surface area contributed by atoms with E-state index in [1.165, 1.54) is 0 Å². The summed E-state index contributed by atoms with van der Waals surface area (Å²) in [6.07, 6.45) is 3.30. The summed E-state index contributed by atoms with van der Waals surface area (Å²) < 4.78 is 0. The van der Waals surface area contributed by atoms with Crippen molar-refractivity contribution in [1.82, 2.24) is 15.2 Å². The van der Waals surface area contributed by atoms with Crippen molar-refractivity contribution in [1.29, 1.82) is 0 Å². The van der Waals surface area contributed by atoms with Crippen LogP contribution in [0.15, 0.2) is 0 Å². The molecule has 0 aliphatic carbocycles. The van der Waals surface area contributed by atoms with Gasteiger partial charge in [-0.3, -0.25) is 9.59 Å². The number of carbonyl (C=O) groups excluding carboxylic acids is 2. The van der Waals surface area contributed by atoms with Gasteiger partial charge in [0.25, 0.3) is 0 Å². The van der Waals surface area contributed by atoms with Gasteiger partial charge in [0.2, 0.25) is 11.8 Å². The van der Waals surface area contributed by atoms with Crippen LogP contribution in [0.4, 0.5) is 0 Å². The van der Waals surface area contributed by atoms with E-state index in [0.29, 0.717) is 23.7 Å². The van der Waals surface area contributed by atoms with E-state index < -0.39 is 5.97 Å². The van der Waals surface area contributed by atoms with Crippen molar-refractivity contribution in [3.63, 3.8) is 0 Å². The van der Waals surface area contributed by atoms with E-state index in [4.69, 9.17) is 5.11 Å². The summed E-state index contributed by atoms with van der Waals surface area (Å²) in [7, 11) is 0. The highest BCUT2D eigenvalue weighted by molar-refractivity contribution is 7.13. The van der Waals surface area contributed by atoms with Gasteiger partial charge >= 0.3 is 5.97 Å². The number of hydrogen-bond acceptors (Lipinski definition) is 5. The first-order valence-corrected chi connectivity index (χ1v) is 8.48. The molecule has 0 aromatic carbocycles. The molecule has 1 saturated heterocycles. The minimum absolute atomic E-state index is 0.0172. The number of aromatic nitrogens is 1. The fourth-order valence-corrected chi connectivity index (χ4v) is 3.44. The zero-order valence-electron chi connectivity index (χ0n) is 13.3. The minimum Gasteiger partial charge on any atom is -0.477 e. The molecule has 0 bridgehead atoms. The average Bonchev–Trinajstić information content (AvgIpc) is 2.76. The summed E-state index contributed by atoms with van der Waals surface area (Å²) in [6.45, 7) is 4.04. The van der Waals surface area contributed by atoms with Crippen LogP contribution in [0.5, 0.6) is 0 Å². The Labute approximate surface area is 138 Å². The van der Waals surface area contributed by atoms with Gasteiger partial charge in [0.05, 0.1) is 18.3 Å². The second-order valence-electron chi connectivity index (χ2n) is 5.69. The van der Waals surface area contributed by atoms with Gasteiger partial charge in [-0.2, -0.15) is 0 Å². The van der Waals surface area contributed by atoms with Gasteiger partial charge in [0.15, 0.2) is 0 Å². The lowest BCUT2D eigenvalue weighted by Crippen LogP contribution is -2.41. The van der Waals surface area contributed by atoms with Crippen molar-refractivity contribution in [2.75, 3.05) is 13.1 Å². The fraction of sp³-hybridized carbons (Fsp3) is 0.600. The zero-order valence-corrected chi connectivity index (χ0v) is 14.1. The number of carbonyl (C=O) groups is 3. The van der Waals surface area contributed by atoms with Crippen molar-refractivity contribution in [3.05, 3.63) is 15.6 Å². The topological polar surface area (TPSA) is 99.6 Å². The molecular weight excluding hydrogens is 318 g/mol. The second kappa shape index (κ2) is 7.54. The van der Waals surface area contributed by atoms with Gasteiger partial charge in [0.1, 0.15) is 9.88 Å². The van der Waals surface area contributed by atoms with Gasteiger partial charge in [-0.15, -0.1) is 11.3 Å². The number of amides is 2. The Morgan fingerprint density at radius 2 is 2.13 bits per heavy atom. The van der Waals surface area contributed by atoms with Crippen molar-refractivity contribution in [2.45, 2.75) is 45.6 Å². The smallest absolute Gasteiger partial charge is 0.347 e. The Hall–Kier alpha value is -1.96. The summed E-state index contributed by atoms with van der Waals surface area (Å²) in [5.41, 5.74) is 0.446. The molecule has 2 amide bonds. The Morgan fingerprint density at radius 1 is 1.39 bits per heavy atom. The molecule has 8 heteroatoms. The van der Waals surface area contributed by atoms with E-state index in [1.807, 2.05) is 0 Å². The van der Waals surface area contributed by atoms with Crippen LogP contribution in [0.2, 0.25) is 0 Å². The summed E-state index contributed by atoms with van der Waals surface area (Å²) >= 11 is 1.06. The number of rotatable bonds is 5. The molecule has 1 unspecified atom stereocenters. The van der Waals surface area contributed by atoms with Crippen molar-refractivity contribution >= 4 is 29.1 Å². The molecule has 23 heavy (non-hydrogen) atoms. The molecule has 0 spiro atoms. The molecule has 1 atom stereocenters. The molecule has 126 valence electrons. The molecule has 2 N–H and O–H groups in total. The van der Waals surface area contributed by atoms with Crippen molar-refractivity contribution < 1.29 is 19.5 Å². The van der Waals surface area contributed by atoms with Crippen molar-refractivity contribution in [2.24, 2.45) is 0 Å². The molecule has 0 radical (unpaired) electrons. The van der Waals surface area contributed by atoms with E-state index in [9.17, 15) is 14.4 Å². The number of thiazole rings is 1. The van der Waals surface area contributed by atoms with Crippen LogP contribution in [0.25, 0.3) is 0 Å². The molecule has 2 heterocycles. The molecule has 2 rings (SSSR count). The fourth-order valence-electron chi connectivity index (χ4n) is 2.53. The minimum atomic E-state index is -1.01. The summed E-state index contributed by atoms with van der Waals surface area (Å²) in [5, 5.41) is 12.4. The Kier molecular flexibility index (Phi) is 5.70. The van der Waals surface area contributed by atoms with Crippen LogP contribution < -0.4 is 5.32 Å². The number of aryl methyl sites for hydroxylation is 1. The number of nitrogens with zero attached hydrogens (tertiary/aromatic N) is 2. The van der Waals surface area contributed by atoms with E-state index in [1.54, 1.807) is 18.7 Å². The quantitative estimate of drug-likeness (QED) is 0.851. The van der Waals surface area contributed by atoms with Gasteiger partial charge < -0.3 is 15.3 Å². The van der Waals surface area contributed by atoms with E-state index >= 15 is 0 Å². The summed E-state index contributed by atoms with van der Waals surface area (Å²) in [4.78, 5) is 41.1. The third-order valence-electron chi connectivity index (χ3n) is 3.76. The Morgan fingerprint density at radius 3 is 2.78 bits per heavy atom. The number of hydrogen-bond donors (Lipinski definition) is 2. The maximum absolute atomic E-state index is 12.1. The number of aromatic carboxylic acids is 1. The molecule has 1 fully saturated rings. The van der Waals surface area contributed by atoms with Gasteiger partial charge in [-0.05, 0) is 26.7 Å². The van der Waals surface area contributed by atoms with Crippen LogP contribution in [0.1, 0.15) is 59.0 Å². The SMILES string of the molecule is Cc1nc(C(C)NC(=O)CN2CCCCCC2=O)sc1C(=O)O. The van der Waals surface area contributed by atoms with Crippen LogP contribution >= 0.6 is 11.3 Å². The number of carboxylic acids is 1. The molecule has 1 aromatic heterocycles. The summed E-state index contributed by atoms with van der Waals surface area (Å²) in [6, 6.07) is -0.388. The predicted molar refractivity (Wildman–Crippen MR) is 85.4 cm³/mol. The van der Waals surface area contributed by atoms with Gasteiger partial charge in [-0.1, -0.05) is 6.42 Å². The maximum Gasteiger partial charge on any atom is 0.347 e. The zero-order chi connectivity index (χ0) is 17.0. The van der Waals surface area contributed by atoms with Crippen LogP contribution in [-0.4, -0.2) is 45.9 Å². The maximum atomic E-state index is 12.1. The average molecular weight is 339 g/mol. The van der Waals surface area contributed by atoms with Crippen LogP contribution in [0, 0.1) is 6.92 Å². The van der Waals surface area contributed by atoms with Crippen molar-refractivity contribution in [3.8, 4) is 0 Å². The lowest BCUT2D eigenvalue weighted by atomic mass is 10.2. The normalized spacial score (nSPS) is 16.8. The van der Waals surface area contributed by atoms with E-state index in [0.717, 1.165) is 30.6 Å². The number of likely N-dealkylation sites (tertiary alicyclic amines) is 1. The standard InChI is InChI=1S/C15H21N3O4S/c1-9-13(15(21)22)23-14(17-9)10(2)16-11(19)8-18-7-5-3-4-6-12(18)20/h10H,3-8H2,1-2H3,(H,16,19)(H,21,22). The Balaban J connectivity index is 1.95. The highest BCUT2D eigenvalue weighted by Crippen LogP contribution is 2.23. The molecule has 0 saturated carbocycles. The monoisotopic (exact) mass is 339 g/mol. The molecule has 1 aromatic rings. The predicted octanol–water partition coefficient (Wildman–Crippen LogP) is 1.73. The lowest BCUT2D eigenvalue weighted by molar-refractivity contribution is -0.135. The molecule has 7 nitrogen and oxygen atoms in total. The Bertz CT molecular complexity index is 614.